The zero-order chi connectivity index (χ0) is 13.0. The molecule has 1 N–H and O–H groups in total. The SMILES string of the molecule is O=C(O)CC(c1ccc(F)cc1)C1CCOCC1. The Balaban J connectivity index is 2.17. The standard InChI is InChI=1S/C14H17FO3/c15-12-3-1-10(2-4-12)13(9-14(16)17)11-5-7-18-8-6-11/h1-4,11,13H,5-9H2,(H,16,17). The fourth-order valence-electron chi connectivity index (χ4n) is 2.57. The van der Waals surface area contributed by atoms with Crippen LogP contribution in [0.3, 0.4) is 0 Å². The van der Waals surface area contributed by atoms with E-state index in [1.165, 1.54) is 12.1 Å². The molecule has 18 heavy (non-hydrogen) atoms. The van der Waals surface area contributed by atoms with Gasteiger partial charge >= 0.3 is 5.97 Å². The summed E-state index contributed by atoms with van der Waals surface area (Å²) < 4.78 is 18.2. The van der Waals surface area contributed by atoms with Crippen LogP contribution in [0.5, 0.6) is 0 Å². The molecule has 98 valence electrons. The highest BCUT2D eigenvalue weighted by Crippen LogP contribution is 2.34. The molecule has 0 aliphatic carbocycles. The maximum atomic E-state index is 12.9. The van der Waals surface area contributed by atoms with E-state index < -0.39 is 5.97 Å². The summed E-state index contributed by atoms with van der Waals surface area (Å²) in [5, 5.41) is 9.03. The van der Waals surface area contributed by atoms with Crippen LogP contribution in [-0.4, -0.2) is 24.3 Å². The van der Waals surface area contributed by atoms with Crippen LogP contribution in [0.4, 0.5) is 4.39 Å². The number of ether oxygens (including phenoxy) is 1. The molecule has 0 spiro atoms. The Bertz CT molecular complexity index is 396. The highest BCUT2D eigenvalue weighted by atomic mass is 19.1. The molecule has 4 heteroatoms. The quantitative estimate of drug-likeness (QED) is 0.896. The molecule has 1 fully saturated rings. The fourth-order valence-corrected chi connectivity index (χ4v) is 2.57. The van der Waals surface area contributed by atoms with Gasteiger partial charge in [-0.3, -0.25) is 4.79 Å². The molecule has 1 aliphatic rings. The predicted molar refractivity (Wildman–Crippen MR) is 64.9 cm³/mol. The lowest BCUT2D eigenvalue weighted by Crippen LogP contribution is -2.24. The molecule has 2 rings (SSSR count). The second-order valence-electron chi connectivity index (χ2n) is 4.71. The summed E-state index contributed by atoms with van der Waals surface area (Å²) in [6.07, 6.45) is 1.83. The second kappa shape index (κ2) is 5.96. The average Bonchev–Trinajstić information content (AvgIpc) is 2.38. The summed E-state index contributed by atoms with van der Waals surface area (Å²) in [5.41, 5.74) is 0.908. The molecule has 1 aliphatic heterocycles. The molecule has 3 nitrogen and oxygen atoms in total. The first-order chi connectivity index (χ1) is 8.66. The summed E-state index contributed by atoms with van der Waals surface area (Å²) in [6, 6.07) is 6.17. The van der Waals surface area contributed by atoms with E-state index in [-0.39, 0.29) is 18.2 Å². The van der Waals surface area contributed by atoms with Crippen LogP contribution < -0.4 is 0 Å². The van der Waals surface area contributed by atoms with Crippen LogP contribution in [0.15, 0.2) is 24.3 Å². The summed E-state index contributed by atoms with van der Waals surface area (Å²) in [6.45, 7) is 1.37. The van der Waals surface area contributed by atoms with Crippen molar-refractivity contribution in [3.63, 3.8) is 0 Å². The Morgan fingerprint density at radius 1 is 1.33 bits per heavy atom. The van der Waals surface area contributed by atoms with Gasteiger partial charge in [0.1, 0.15) is 5.82 Å². The van der Waals surface area contributed by atoms with Crippen LogP contribution in [0.25, 0.3) is 0 Å². The molecule has 1 atom stereocenters. The Morgan fingerprint density at radius 3 is 2.50 bits per heavy atom. The van der Waals surface area contributed by atoms with Crippen molar-refractivity contribution in [3.05, 3.63) is 35.6 Å². The number of carboxylic acids is 1. The monoisotopic (exact) mass is 252 g/mol. The average molecular weight is 252 g/mol. The van der Waals surface area contributed by atoms with E-state index in [1.54, 1.807) is 12.1 Å². The summed E-state index contributed by atoms with van der Waals surface area (Å²) in [7, 11) is 0. The van der Waals surface area contributed by atoms with E-state index in [0.29, 0.717) is 19.1 Å². The van der Waals surface area contributed by atoms with Crippen LogP contribution in [0.1, 0.15) is 30.7 Å². The first-order valence-corrected chi connectivity index (χ1v) is 6.22. The van der Waals surface area contributed by atoms with Gasteiger partial charge in [0.25, 0.3) is 0 Å². The lowest BCUT2D eigenvalue weighted by molar-refractivity contribution is -0.138. The smallest absolute Gasteiger partial charge is 0.303 e. The Morgan fingerprint density at radius 2 is 1.94 bits per heavy atom. The highest BCUT2D eigenvalue weighted by Gasteiger charge is 2.27. The molecule has 1 aromatic carbocycles. The number of carbonyl (C=O) groups is 1. The minimum Gasteiger partial charge on any atom is -0.481 e. The molecule has 0 aromatic heterocycles. The van der Waals surface area contributed by atoms with Crippen molar-refractivity contribution in [2.24, 2.45) is 5.92 Å². The maximum absolute atomic E-state index is 12.9. The number of carboxylic acid groups (broad SMARTS) is 1. The van der Waals surface area contributed by atoms with E-state index in [9.17, 15) is 9.18 Å². The van der Waals surface area contributed by atoms with Gasteiger partial charge in [0.05, 0.1) is 6.42 Å². The van der Waals surface area contributed by atoms with Crippen molar-refractivity contribution < 1.29 is 19.0 Å². The van der Waals surface area contributed by atoms with Crippen molar-refractivity contribution in [2.45, 2.75) is 25.2 Å². The number of rotatable bonds is 4. The van der Waals surface area contributed by atoms with Gasteiger partial charge in [0.2, 0.25) is 0 Å². The molecular formula is C14H17FO3. The zero-order valence-electron chi connectivity index (χ0n) is 10.1. The van der Waals surface area contributed by atoms with Gasteiger partial charge in [0.15, 0.2) is 0 Å². The molecule has 1 aromatic rings. The van der Waals surface area contributed by atoms with Crippen LogP contribution in [0, 0.1) is 11.7 Å². The van der Waals surface area contributed by atoms with Crippen LogP contribution in [0.2, 0.25) is 0 Å². The lowest BCUT2D eigenvalue weighted by atomic mass is 9.79. The minimum absolute atomic E-state index is 0.0491. The van der Waals surface area contributed by atoms with Gasteiger partial charge < -0.3 is 9.84 Å². The van der Waals surface area contributed by atoms with Gasteiger partial charge in [-0.2, -0.15) is 0 Å². The Labute approximate surface area is 106 Å². The number of benzene rings is 1. The zero-order valence-corrected chi connectivity index (χ0v) is 10.1. The van der Waals surface area contributed by atoms with E-state index >= 15 is 0 Å². The Kier molecular flexibility index (Phi) is 4.31. The lowest BCUT2D eigenvalue weighted by Gasteiger charge is -2.29. The third-order valence-corrected chi connectivity index (χ3v) is 3.53. The molecule has 0 radical (unpaired) electrons. The van der Waals surface area contributed by atoms with Crippen molar-refractivity contribution in [1.82, 2.24) is 0 Å². The van der Waals surface area contributed by atoms with E-state index in [2.05, 4.69) is 0 Å². The molecule has 1 saturated heterocycles. The topological polar surface area (TPSA) is 46.5 Å². The maximum Gasteiger partial charge on any atom is 0.303 e. The van der Waals surface area contributed by atoms with Crippen molar-refractivity contribution in [3.8, 4) is 0 Å². The third-order valence-electron chi connectivity index (χ3n) is 3.53. The molecule has 0 bridgehead atoms. The highest BCUT2D eigenvalue weighted by molar-refractivity contribution is 5.68. The summed E-state index contributed by atoms with van der Waals surface area (Å²) in [4.78, 5) is 11.0. The second-order valence-corrected chi connectivity index (χ2v) is 4.71. The number of hydrogen-bond acceptors (Lipinski definition) is 2. The van der Waals surface area contributed by atoms with E-state index in [0.717, 1.165) is 18.4 Å². The molecule has 0 saturated carbocycles. The van der Waals surface area contributed by atoms with Gasteiger partial charge in [-0.15, -0.1) is 0 Å². The largest absolute Gasteiger partial charge is 0.481 e. The van der Waals surface area contributed by atoms with Crippen LogP contribution in [-0.2, 0) is 9.53 Å². The van der Waals surface area contributed by atoms with Crippen molar-refractivity contribution in [1.29, 1.82) is 0 Å². The molecular weight excluding hydrogens is 235 g/mol. The number of hydrogen-bond donors (Lipinski definition) is 1. The first-order valence-electron chi connectivity index (χ1n) is 6.22. The fraction of sp³-hybridized carbons (Fsp3) is 0.500. The summed E-state index contributed by atoms with van der Waals surface area (Å²) >= 11 is 0. The normalized spacial score (nSPS) is 18.5. The number of halogens is 1. The molecule has 0 amide bonds. The van der Waals surface area contributed by atoms with Crippen LogP contribution >= 0.6 is 0 Å². The summed E-state index contributed by atoms with van der Waals surface area (Å²) in [5.74, 6) is -0.845. The van der Waals surface area contributed by atoms with E-state index in [1.807, 2.05) is 0 Å². The van der Waals surface area contributed by atoms with Crippen molar-refractivity contribution >= 4 is 5.97 Å². The van der Waals surface area contributed by atoms with Gasteiger partial charge in [-0.25, -0.2) is 4.39 Å². The molecule has 1 unspecified atom stereocenters. The third kappa shape index (κ3) is 3.29. The Hall–Kier alpha value is -1.42. The minimum atomic E-state index is -0.809. The van der Waals surface area contributed by atoms with Gasteiger partial charge in [-0.05, 0) is 42.4 Å². The molecule has 1 heterocycles. The van der Waals surface area contributed by atoms with Gasteiger partial charge in [0, 0.05) is 13.2 Å². The predicted octanol–water partition coefficient (Wildman–Crippen LogP) is 2.81. The van der Waals surface area contributed by atoms with E-state index in [4.69, 9.17) is 9.84 Å². The first kappa shape index (κ1) is 13.0. The number of aliphatic carboxylic acids is 1. The van der Waals surface area contributed by atoms with Gasteiger partial charge in [-0.1, -0.05) is 12.1 Å². The van der Waals surface area contributed by atoms with Crippen molar-refractivity contribution in [2.75, 3.05) is 13.2 Å².